The monoisotopic (exact) mass is 221 g/mol. The summed E-state index contributed by atoms with van der Waals surface area (Å²) in [6.07, 6.45) is 0. The van der Waals surface area contributed by atoms with E-state index in [1.807, 2.05) is 0 Å². The van der Waals surface area contributed by atoms with Crippen LogP contribution in [-0.4, -0.2) is 52.6 Å². The minimum atomic E-state index is -0.0640. The fraction of sp³-hybridized carbons (Fsp3) is 0.889. The molecule has 0 amide bonds. The molecule has 0 radical (unpaired) electrons. The Balaban J connectivity index is 2.89. The van der Waals surface area contributed by atoms with Gasteiger partial charge in [0, 0.05) is 13.7 Å². The third-order valence-electron chi connectivity index (χ3n) is 1.34. The Morgan fingerprint density at radius 2 is 2.00 bits per heavy atom. The molecule has 0 saturated heterocycles. The van der Waals surface area contributed by atoms with Crippen molar-refractivity contribution in [2.24, 2.45) is 0 Å². The normalized spacial score (nSPS) is 10.5. The molecule has 0 rings (SSSR count). The Kier molecular flexibility index (Phi) is 11.1. The first-order chi connectivity index (χ1) is 7.27. The van der Waals surface area contributed by atoms with Gasteiger partial charge in [-0.3, -0.25) is 10.1 Å². The molecule has 15 heavy (non-hydrogen) atoms. The van der Waals surface area contributed by atoms with Gasteiger partial charge in [0.2, 0.25) is 0 Å². The topological polar surface area (TPSA) is 66.0 Å². The Morgan fingerprint density at radius 3 is 2.67 bits per heavy atom. The number of rotatable bonds is 11. The zero-order valence-electron chi connectivity index (χ0n) is 9.28. The van der Waals surface area contributed by atoms with Gasteiger partial charge in [-0.05, 0) is 6.92 Å². The smallest absolute Gasteiger partial charge is 0.158 e. The number of hydrogen-bond donors (Lipinski definition) is 1. The molecule has 0 spiro atoms. The largest absolute Gasteiger partial charge is 0.382 e. The van der Waals surface area contributed by atoms with Gasteiger partial charge in [-0.15, -0.1) is 0 Å². The number of ether oxygens (including phenoxy) is 2. The van der Waals surface area contributed by atoms with Crippen molar-refractivity contribution in [1.82, 2.24) is 5.32 Å². The van der Waals surface area contributed by atoms with Gasteiger partial charge in [0.15, 0.2) is 5.78 Å². The number of nitrogens with one attached hydrogen (secondary N) is 1. The van der Waals surface area contributed by atoms with Crippen LogP contribution in [0.4, 0.5) is 0 Å². The minimum Gasteiger partial charge on any atom is -0.382 e. The molecule has 0 unspecified atom stereocenters. The molecule has 0 atom stereocenters. The summed E-state index contributed by atoms with van der Waals surface area (Å²) >= 11 is 0. The zero-order chi connectivity index (χ0) is 11.4. The lowest BCUT2D eigenvalue weighted by Crippen LogP contribution is -2.24. The van der Waals surface area contributed by atoms with Crippen molar-refractivity contribution in [2.45, 2.75) is 6.92 Å². The van der Waals surface area contributed by atoms with E-state index in [9.17, 15) is 4.79 Å². The second-order valence-corrected chi connectivity index (χ2v) is 2.83. The average molecular weight is 221 g/mol. The first-order valence-corrected chi connectivity index (χ1v) is 4.78. The summed E-state index contributed by atoms with van der Waals surface area (Å²) in [5.41, 5.74) is 0. The summed E-state index contributed by atoms with van der Waals surface area (Å²) in [4.78, 5) is 19.7. The van der Waals surface area contributed by atoms with Crippen molar-refractivity contribution in [3.05, 3.63) is 0 Å². The minimum absolute atomic E-state index is 0.00958. The van der Waals surface area contributed by atoms with Crippen molar-refractivity contribution in [3.63, 3.8) is 0 Å². The molecule has 1 N–H and O–H groups in total. The molecule has 90 valence electrons. The van der Waals surface area contributed by atoms with Crippen LogP contribution in [0.1, 0.15) is 6.92 Å². The summed E-state index contributed by atoms with van der Waals surface area (Å²) in [5.74, 6) is -0.0640. The Labute approximate surface area is 89.8 Å². The number of Topliss-reactive ketones (excluding diaryl/α,β-unsaturated/α-hetero) is 1. The highest BCUT2D eigenvalue weighted by Gasteiger charge is 1.93. The zero-order valence-corrected chi connectivity index (χ0v) is 9.28. The summed E-state index contributed by atoms with van der Waals surface area (Å²) < 4.78 is 9.93. The van der Waals surface area contributed by atoms with Gasteiger partial charge < -0.3 is 9.47 Å². The number of ketones is 1. The second-order valence-electron chi connectivity index (χ2n) is 2.83. The van der Waals surface area contributed by atoms with Crippen LogP contribution in [0, 0.1) is 0 Å². The molecule has 6 heteroatoms. The Bertz CT molecular complexity index is 153. The standard InChI is InChI=1S/C9H19NO5/c1-9(11)7-15-14-4-3-10-8-13-6-5-12-2/h10H,3-8H2,1-2H3. The fourth-order valence-corrected chi connectivity index (χ4v) is 0.656. The van der Waals surface area contributed by atoms with Crippen LogP contribution in [0.5, 0.6) is 0 Å². The molecule has 0 aromatic carbocycles. The highest BCUT2D eigenvalue weighted by molar-refractivity contribution is 5.76. The molecule has 0 heterocycles. The molecule has 0 aliphatic carbocycles. The maximum atomic E-state index is 10.4. The third kappa shape index (κ3) is 13.5. The van der Waals surface area contributed by atoms with E-state index in [0.717, 1.165) is 0 Å². The predicted octanol–water partition coefficient (Wildman–Crippen LogP) is -0.266. The van der Waals surface area contributed by atoms with Crippen LogP contribution < -0.4 is 5.32 Å². The molecule has 0 aliphatic rings. The number of carbonyl (C=O) groups is 1. The van der Waals surface area contributed by atoms with Gasteiger partial charge in [-0.2, -0.15) is 0 Å². The van der Waals surface area contributed by atoms with Crippen molar-refractivity contribution in [3.8, 4) is 0 Å². The van der Waals surface area contributed by atoms with Gasteiger partial charge in [0.25, 0.3) is 0 Å². The van der Waals surface area contributed by atoms with E-state index in [4.69, 9.17) is 14.4 Å². The van der Waals surface area contributed by atoms with Crippen molar-refractivity contribution in [1.29, 1.82) is 0 Å². The third-order valence-corrected chi connectivity index (χ3v) is 1.34. The average Bonchev–Trinajstić information content (AvgIpc) is 2.20. The van der Waals surface area contributed by atoms with Crippen molar-refractivity contribution >= 4 is 5.78 Å². The summed E-state index contributed by atoms with van der Waals surface area (Å²) in [6.45, 7) is 3.99. The first-order valence-electron chi connectivity index (χ1n) is 4.78. The van der Waals surface area contributed by atoms with Crippen LogP contribution >= 0.6 is 0 Å². The quantitative estimate of drug-likeness (QED) is 0.224. The van der Waals surface area contributed by atoms with Crippen LogP contribution in [0.2, 0.25) is 0 Å². The molecular formula is C9H19NO5. The van der Waals surface area contributed by atoms with Crippen molar-refractivity contribution in [2.75, 3.05) is 46.8 Å². The molecule has 0 aromatic heterocycles. The first kappa shape index (κ1) is 14.5. The maximum absolute atomic E-state index is 10.4. The van der Waals surface area contributed by atoms with Gasteiger partial charge in [0.05, 0.1) is 26.6 Å². The van der Waals surface area contributed by atoms with E-state index in [-0.39, 0.29) is 12.4 Å². The highest BCUT2D eigenvalue weighted by Crippen LogP contribution is 1.79. The molecular weight excluding hydrogens is 202 g/mol. The van der Waals surface area contributed by atoms with E-state index in [2.05, 4.69) is 10.2 Å². The van der Waals surface area contributed by atoms with E-state index in [1.165, 1.54) is 6.92 Å². The molecule has 0 aromatic rings. The van der Waals surface area contributed by atoms with Crippen LogP contribution in [0.15, 0.2) is 0 Å². The lowest BCUT2D eigenvalue weighted by atomic mass is 10.5. The molecule has 0 saturated carbocycles. The van der Waals surface area contributed by atoms with Gasteiger partial charge in [0.1, 0.15) is 6.61 Å². The van der Waals surface area contributed by atoms with Crippen LogP contribution in [0.25, 0.3) is 0 Å². The van der Waals surface area contributed by atoms with Crippen LogP contribution in [-0.2, 0) is 24.0 Å². The van der Waals surface area contributed by atoms with Crippen LogP contribution in [0.3, 0.4) is 0 Å². The summed E-state index contributed by atoms with van der Waals surface area (Å²) in [5, 5.41) is 2.96. The number of carbonyl (C=O) groups excluding carboxylic acids is 1. The van der Waals surface area contributed by atoms with Gasteiger partial charge in [-0.25, -0.2) is 9.78 Å². The predicted molar refractivity (Wildman–Crippen MR) is 53.3 cm³/mol. The highest BCUT2D eigenvalue weighted by atomic mass is 17.2. The molecule has 0 bridgehead atoms. The number of methoxy groups -OCH3 is 1. The Hall–Kier alpha value is -0.530. The number of hydrogen-bond acceptors (Lipinski definition) is 6. The van der Waals surface area contributed by atoms with Gasteiger partial charge in [-0.1, -0.05) is 0 Å². The summed E-state index contributed by atoms with van der Waals surface area (Å²) in [6, 6.07) is 0. The fourth-order valence-electron chi connectivity index (χ4n) is 0.656. The maximum Gasteiger partial charge on any atom is 0.158 e. The Morgan fingerprint density at radius 1 is 1.20 bits per heavy atom. The molecule has 6 nitrogen and oxygen atoms in total. The van der Waals surface area contributed by atoms with Gasteiger partial charge >= 0.3 is 0 Å². The van der Waals surface area contributed by atoms with E-state index in [1.54, 1.807) is 7.11 Å². The molecule has 0 aliphatic heterocycles. The second kappa shape index (κ2) is 11.5. The molecule has 0 fully saturated rings. The summed E-state index contributed by atoms with van der Waals surface area (Å²) in [7, 11) is 1.62. The lowest BCUT2D eigenvalue weighted by Gasteiger charge is -2.05. The van der Waals surface area contributed by atoms with E-state index in [0.29, 0.717) is 33.1 Å². The SMILES string of the molecule is COCCOCNCCOOCC(C)=O. The van der Waals surface area contributed by atoms with Crippen molar-refractivity contribution < 1.29 is 24.0 Å². The van der Waals surface area contributed by atoms with E-state index < -0.39 is 0 Å². The van der Waals surface area contributed by atoms with E-state index >= 15 is 0 Å². The lowest BCUT2D eigenvalue weighted by molar-refractivity contribution is -0.287.